The van der Waals surface area contributed by atoms with Crippen molar-refractivity contribution < 1.29 is 0 Å². The molecule has 0 amide bonds. The molecule has 0 unspecified atom stereocenters. The largest absolute Gasteiger partial charge is 0.347 e. The van der Waals surface area contributed by atoms with Crippen molar-refractivity contribution in [1.29, 1.82) is 0 Å². The van der Waals surface area contributed by atoms with Crippen LogP contribution in [-0.2, 0) is 6.54 Å². The van der Waals surface area contributed by atoms with Gasteiger partial charge in [-0.25, -0.2) is 4.68 Å². The number of aromatic nitrogens is 4. The molecule has 0 atom stereocenters. The highest BCUT2D eigenvalue weighted by molar-refractivity contribution is 5.77. The summed E-state index contributed by atoms with van der Waals surface area (Å²) in [5.74, 6) is 0. The third-order valence-corrected chi connectivity index (χ3v) is 1.94. The summed E-state index contributed by atoms with van der Waals surface area (Å²) in [5.41, 5.74) is 1.07. The van der Waals surface area contributed by atoms with Crippen LogP contribution in [0.25, 0.3) is 0 Å². The first kappa shape index (κ1) is 8.68. The highest BCUT2D eigenvalue weighted by atomic mass is 15.4. The maximum atomic E-state index is 4.16. The number of rotatable bonds is 3. The molecule has 0 bridgehead atoms. The third-order valence-electron chi connectivity index (χ3n) is 1.94. The summed E-state index contributed by atoms with van der Waals surface area (Å²) in [4.78, 5) is 0. The van der Waals surface area contributed by atoms with Gasteiger partial charge in [-0.2, -0.15) is 5.10 Å². The van der Waals surface area contributed by atoms with Crippen molar-refractivity contribution in [2.24, 2.45) is 5.10 Å². The van der Waals surface area contributed by atoms with Crippen LogP contribution in [0, 0.1) is 0 Å². The minimum absolute atomic E-state index is 0.941. The molecule has 0 fully saturated rings. The van der Waals surface area contributed by atoms with Crippen molar-refractivity contribution in [2.45, 2.75) is 13.5 Å². The average molecular weight is 189 g/mol. The Morgan fingerprint density at radius 2 is 2.21 bits per heavy atom. The molecule has 2 aromatic heterocycles. The first-order valence-corrected chi connectivity index (χ1v) is 4.44. The van der Waals surface area contributed by atoms with Gasteiger partial charge in [-0.15, -0.1) is 10.2 Å². The van der Waals surface area contributed by atoms with Gasteiger partial charge in [0.25, 0.3) is 0 Å². The molecule has 5 heteroatoms. The second-order valence-corrected chi connectivity index (χ2v) is 2.81. The molecule has 2 rings (SSSR count). The molecule has 0 saturated heterocycles. The Balaban J connectivity index is 2.18. The molecule has 0 spiro atoms. The van der Waals surface area contributed by atoms with E-state index < -0.39 is 0 Å². The van der Waals surface area contributed by atoms with E-state index in [0.29, 0.717) is 0 Å². The fraction of sp³-hybridized carbons (Fsp3) is 0.222. The van der Waals surface area contributed by atoms with E-state index in [4.69, 9.17) is 0 Å². The summed E-state index contributed by atoms with van der Waals surface area (Å²) >= 11 is 0. The van der Waals surface area contributed by atoms with Gasteiger partial charge < -0.3 is 4.57 Å². The van der Waals surface area contributed by atoms with E-state index in [-0.39, 0.29) is 0 Å². The quantitative estimate of drug-likeness (QED) is 0.676. The summed E-state index contributed by atoms with van der Waals surface area (Å²) in [5, 5.41) is 11.5. The Labute approximate surface area is 81.7 Å². The van der Waals surface area contributed by atoms with E-state index in [0.717, 1.165) is 12.2 Å². The van der Waals surface area contributed by atoms with Crippen LogP contribution in [0.5, 0.6) is 0 Å². The van der Waals surface area contributed by atoms with Gasteiger partial charge in [-0.05, 0) is 19.1 Å². The summed E-state index contributed by atoms with van der Waals surface area (Å²) in [7, 11) is 0. The predicted octanol–water partition coefficient (Wildman–Crippen LogP) is 0.982. The Hall–Kier alpha value is -1.91. The SMILES string of the molecule is CCn1cccc1/C=N\n1cnnc1. The maximum absolute atomic E-state index is 4.16. The molecule has 2 aromatic rings. The Kier molecular flexibility index (Phi) is 2.40. The lowest BCUT2D eigenvalue weighted by Crippen LogP contribution is -1.98. The first-order chi connectivity index (χ1) is 6.90. The average Bonchev–Trinajstić information content (AvgIpc) is 2.85. The summed E-state index contributed by atoms with van der Waals surface area (Å²) in [6, 6.07) is 4.01. The zero-order valence-electron chi connectivity index (χ0n) is 7.91. The van der Waals surface area contributed by atoms with Crippen LogP contribution in [0.4, 0.5) is 0 Å². The van der Waals surface area contributed by atoms with Crippen LogP contribution < -0.4 is 0 Å². The van der Waals surface area contributed by atoms with Gasteiger partial charge in [-0.3, -0.25) is 0 Å². The second-order valence-electron chi connectivity index (χ2n) is 2.81. The van der Waals surface area contributed by atoms with Gasteiger partial charge in [0.1, 0.15) is 12.7 Å². The number of hydrogen-bond acceptors (Lipinski definition) is 3. The molecule has 0 saturated carbocycles. The summed E-state index contributed by atoms with van der Waals surface area (Å²) in [6.45, 7) is 3.03. The minimum atomic E-state index is 0.941. The number of hydrogen-bond donors (Lipinski definition) is 0. The van der Waals surface area contributed by atoms with E-state index >= 15 is 0 Å². The fourth-order valence-corrected chi connectivity index (χ4v) is 1.21. The molecule has 72 valence electrons. The summed E-state index contributed by atoms with van der Waals surface area (Å²) < 4.78 is 3.67. The lowest BCUT2D eigenvalue weighted by atomic mass is 10.4. The van der Waals surface area contributed by atoms with Crippen LogP contribution in [0.1, 0.15) is 12.6 Å². The van der Waals surface area contributed by atoms with Gasteiger partial charge in [0, 0.05) is 12.7 Å². The lowest BCUT2D eigenvalue weighted by Gasteiger charge is -1.99. The molecule has 0 radical (unpaired) electrons. The van der Waals surface area contributed by atoms with Crippen molar-refractivity contribution >= 4 is 6.21 Å². The molecule has 0 aliphatic carbocycles. The molecule has 0 aliphatic heterocycles. The zero-order valence-corrected chi connectivity index (χ0v) is 7.91. The van der Waals surface area contributed by atoms with Crippen LogP contribution in [0.15, 0.2) is 36.1 Å². The van der Waals surface area contributed by atoms with Crippen LogP contribution in [0.2, 0.25) is 0 Å². The van der Waals surface area contributed by atoms with Gasteiger partial charge in [0.05, 0.1) is 11.9 Å². The highest BCUT2D eigenvalue weighted by Gasteiger charge is 1.94. The third kappa shape index (κ3) is 1.71. The topological polar surface area (TPSA) is 48.0 Å². The van der Waals surface area contributed by atoms with E-state index in [2.05, 4.69) is 26.8 Å². The van der Waals surface area contributed by atoms with Crippen LogP contribution >= 0.6 is 0 Å². The normalized spacial score (nSPS) is 11.2. The Bertz CT molecular complexity index is 412. The van der Waals surface area contributed by atoms with Crippen molar-refractivity contribution in [2.75, 3.05) is 0 Å². The Morgan fingerprint density at radius 1 is 1.43 bits per heavy atom. The predicted molar refractivity (Wildman–Crippen MR) is 53.1 cm³/mol. The van der Waals surface area contributed by atoms with Crippen LogP contribution in [-0.4, -0.2) is 25.7 Å². The van der Waals surface area contributed by atoms with Gasteiger partial charge in [0.2, 0.25) is 0 Å². The smallest absolute Gasteiger partial charge is 0.141 e. The van der Waals surface area contributed by atoms with Crippen molar-refractivity contribution in [3.63, 3.8) is 0 Å². The van der Waals surface area contributed by atoms with Gasteiger partial charge in [0.15, 0.2) is 0 Å². The monoisotopic (exact) mass is 189 g/mol. The molecule has 0 N–H and O–H groups in total. The standard InChI is InChI=1S/C9H11N5/c1-2-13-5-3-4-9(13)6-12-14-7-10-11-8-14/h3-8H,2H2,1H3/b12-6-. The zero-order chi connectivity index (χ0) is 9.80. The van der Waals surface area contributed by atoms with E-state index in [9.17, 15) is 0 Å². The lowest BCUT2D eigenvalue weighted by molar-refractivity contribution is 0.761. The molecular formula is C9H11N5. The highest BCUT2D eigenvalue weighted by Crippen LogP contribution is 1.98. The van der Waals surface area contributed by atoms with Gasteiger partial charge in [-0.1, -0.05) is 0 Å². The van der Waals surface area contributed by atoms with Crippen molar-refractivity contribution in [1.82, 2.24) is 19.4 Å². The molecule has 0 aliphatic rings. The second kappa shape index (κ2) is 3.87. The number of aryl methyl sites for hydroxylation is 1. The fourth-order valence-electron chi connectivity index (χ4n) is 1.21. The molecule has 0 aromatic carbocycles. The molecule has 2 heterocycles. The van der Waals surface area contributed by atoms with Gasteiger partial charge >= 0.3 is 0 Å². The minimum Gasteiger partial charge on any atom is -0.347 e. The first-order valence-electron chi connectivity index (χ1n) is 4.44. The molecule has 5 nitrogen and oxygen atoms in total. The summed E-state index contributed by atoms with van der Waals surface area (Å²) in [6.07, 6.45) is 6.91. The van der Waals surface area contributed by atoms with Crippen LogP contribution in [0.3, 0.4) is 0 Å². The van der Waals surface area contributed by atoms with E-state index in [1.54, 1.807) is 23.5 Å². The van der Waals surface area contributed by atoms with Crippen molar-refractivity contribution in [3.05, 3.63) is 36.7 Å². The Morgan fingerprint density at radius 3 is 2.93 bits per heavy atom. The van der Waals surface area contributed by atoms with E-state index in [1.807, 2.05) is 18.3 Å². The molecule has 14 heavy (non-hydrogen) atoms. The van der Waals surface area contributed by atoms with E-state index in [1.165, 1.54) is 0 Å². The maximum Gasteiger partial charge on any atom is 0.141 e. The number of nitrogens with zero attached hydrogens (tertiary/aromatic N) is 5. The molecular weight excluding hydrogens is 178 g/mol. The van der Waals surface area contributed by atoms with Crippen molar-refractivity contribution in [3.8, 4) is 0 Å².